The molecule has 144 valence electrons. The molecule has 1 aliphatic heterocycles. The van der Waals surface area contributed by atoms with Gasteiger partial charge in [0.1, 0.15) is 0 Å². The SMILES string of the molecule is CC(=O)Nc1ccc(C2=C(SC(C)C)C(=O)N(Cc3ccccn3)C2=O)cc1. The van der Waals surface area contributed by atoms with Crippen LogP contribution < -0.4 is 5.32 Å². The van der Waals surface area contributed by atoms with Gasteiger partial charge in [-0.3, -0.25) is 24.3 Å². The van der Waals surface area contributed by atoms with Crippen LogP contribution in [0.1, 0.15) is 32.0 Å². The summed E-state index contributed by atoms with van der Waals surface area (Å²) in [5, 5.41) is 2.85. The van der Waals surface area contributed by atoms with E-state index in [1.807, 2.05) is 19.9 Å². The monoisotopic (exact) mass is 395 g/mol. The lowest BCUT2D eigenvalue weighted by Crippen LogP contribution is -2.31. The average molecular weight is 395 g/mol. The van der Waals surface area contributed by atoms with E-state index in [0.717, 1.165) is 0 Å². The van der Waals surface area contributed by atoms with Crippen LogP contribution in [0.3, 0.4) is 0 Å². The second-order valence-electron chi connectivity index (χ2n) is 6.65. The maximum Gasteiger partial charge on any atom is 0.268 e. The molecule has 1 N–H and O–H groups in total. The molecule has 2 heterocycles. The lowest BCUT2D eigenvalue weighted by Gasteiger charge is -2.14. The summed E-state index contributed by atoms with van der Waals surface area (Å²) in [6.07, 6.45) is 1.64. The molecule has 0 saturated carbocycles. The number of thioether (sulfide) groups is 1. The molecule has 0 fully saturated rings. The third-order valence-corrected chi connectivity index (χ3v) is 5.11. The van der Waals surface area contributed by atoms with Crippen LogP contribution in [0, 0.1) is 0 Å². The first-order valence-corrected chi connectivity index (χ1v) is 9.80. The Morgan fingerprint density at radius 2 is 1.82 bits per heavy atom. The second kappa shape index (κ2) is 8.39. The first kappa shape index (κ1) is 19.8. The fourth-order valence-electron chi connectivity index (χ4n) is 2.87. The van der Waals surface area contributed by atoms with Crippen LogP contribution in [-0.2, 0) is 20.9 Å². The Hall–Kier alpha value is -2.93. The van der Waals surface area contributed by atoms with Crippen molar-refractivity contribution in [3.05, 3.63) is 64.8 Å². The number of nitrogens with zero attached hydrogens (tertiary/aromatic N) is 2. The molecular formula is C21H21N3O3S. The molecule has 1 aliphatic rings. The summed E-state index contributed by atoms with van der Waals surface area (Å²) in [6, 6.07) is 12.3. The number of nitrogens with one attached hydrogen (secondary N) is 1. The standard InChI is InChI=1S/C21H21N3O3S/c1-13(2)28-19-18(15-7-9-16(10-8-15)23-14(3)25)20(26)24(21(19)27)12-17-6-4-5-11-22-17/h4-11,13H,12H2,1-3H3,(H,23,25). The molecule has 0 atom stereocenters. The Labute approximate surface area is 168 Å². The minimum Gasteiger partial charge on any atom is -0.326 e. The Morgan fingerprint density at radius 3 is 2.39 bits per heavy atom. The van der Waals surface area contributed by atoms with Crippen LogP contribution >= 0.6 is 11.8 Å². The van der Waals surface area contributed by atoms with E-state index in [-0.39, 0.29) is 29.5 Å². The lowest BCUT2D eigenvalue weighted by atomic mass is 10.1. The Balaban J connectivity index is 1.95. The Kier molecular flexibility index (Phi) is 5.94. The number of pyridine rings is 1. The van der Waals surface area contributed by atoms with Gasteiger partial charge in [0.15, 0.2) is 0 Å². The van der Waals surface area contributed by atoms with Crippen LogP contribution in [0.15, 0.2) is 53.6 Å². The first-order valence-electron chi connectivity index (χ1n) is 8.92. The zero-order valence-corrected chi connectivity index (χ0v) is 16.7. The van der Waals surface area contributed by atoms with Gasteiger partial charge in [-0.15, -0.1) is 11.8 Å². The van der Waals surface area contributed by atoms with E-state index < -0.39 is 0 Å². The van der Waals surface area contributed by atoms with Gasteiger partial charge in [0.2, 0.25) is 5.91 Å². The molecule has 0 spiro atoms. The molecule has 6 nitrogen and oxygen atoms in total. The van der Waals surface area contributed by atoms with Gasteiger partial charge in [0, 0.05) is 24.1 Å². The highest BCUT2D eigenvalue weighted by Gasteiger charge is 2.39. The van der Waals surface area contributed by atoms with E-state index in [4.69, 9.17) is 0 Å². The molecule has 7 heteroatoms. The minimum atomic E-state index is -0.328. The molecule has 2 aromatic rings. The number of carbonyl (C=O) groups is 3. The van der Waals surface area contributed by atoms with Crippen LogP contribution in [0.5, 0.6) is 0 Å². The van der Waals surface area contributed by atoms with Crippen molar-refractivity contribution >= 4 is 40.7 Å². The van der Waals surface area contributed by atoms with Gasteiger partial charge in [-0.2, -0.15) is 0 Å². The largest absolute Gasteiger partial charge is 0.326 e. The number of carbonyl (C=O) groups excluding carboxylic acids is 3. The van der Waals surface area contributed by atoms with E-state index >= 15 is 0 Å². The van der Waals surface area contributed by atoms with Crippen molar-refractivity contribution in [3.63, 3.8) is 0 Å². The zero-order valence-electron chi connectivity index (χ0n) is 15.9. The number of anilines is 1. The molecule has 3 rings (SSSR count). The van der Waals surface area contributed by atoms with Crippen molar-refractivity contribution in [1.82, 2.24) is 9.88 Å². The summed E-state index contributed by atoms with van der Waals surface area (Å²) < 4.78 is 0. The number of imide groups is 1. The molecule has 0 unspecified atom stereocenters. The van der Waals surface area contributed by atoms with E-state index in [0.29, 0.717) is 27.4 Å². The summed E-state index contributed by atoms with van der Waals surface area (Å²) >= 11 is 1.38. The second-order valence-corrected chi connectivity index (χ2v) is 8.23. The number of amides is 3. The highest BCUT2D eigenvalue weighted by atomic mass is 32.2. The zero-order chi connectivity index (χ0) is 20.3. The molecule has 1 aromatic heterocycles. The van der Waals surface area contributed by atoms with Gasteiger partial charge < -0.3 is 5.32 Å². The number of hydrogen-bond donors (Lipinski definition) is 1. The summed E-state index contributed by atoms with van der Waals surface area (Å²) in [5.41, 5.74) is 2.34. The topological polar surface area (TPSA) is 79.4 Å². The van der Waals surface area contributed by atoms with Crippen LogP contribution in [0.2, 0.25) is 0 Å². The Bertz CT molecular complexity index is 937. The van der Waals surface area contributed by atoms with Crippen molar-refractivity contribution in [1.29, 1.82) is 0 Å². The van der Waals surface area contributed by atoms with Gasteiger partial charge in [0.05, 0.1) is 22.7 Å². The molecule has 0 aliphatic carbocycles. The quantitative estimate of drug-likeness (QED) is 0.758. The smallest absolute Gasteiger partial charge is 0.268 e. The predicted octanol–water partition coefficient (Wildman–Crippen LogP) is 3.46. The molecule has 0 radical (unpaired) electrons. The molecule has 3 amide bonds. The van der Waals surface area contributed by atoms with E-state index in [2.05, 4.69) is 10.3 Å². The highest BCUT2D eigenvalue weighted by Crippen LogP contribution is 2.38. The van der Waals surface area contributed by atoms with Crippen molar-refractivity contribution in [3.8, 4) is 0 Å². The van der Waals surface area contributed by atoms with Crippen molar-refractivity contribution in [2.24, 2.45) is 0 Å². The molecule has 0 saturated heterocycles. The van der Waals surface area contributed by atoms with Gasteiger partial charge in [-0.25, -0.2) is 0 Å². The van der Waals surface area contributed by atoms with E-state index in [9.17, 15) is 14.4 Å². The average Bonchev–Trinajstić information content (AvgIpc) is 2.87. The van der Waals surface area contributed by atoms with Gasteiger partial charge in [-0.1, -0.05) is 32.0 Å². The lowest BCUT2D eigenvalue weighted by molar-refractivity contribution is -0.137. The Morgan fingerprint density at radius 1 is 1.11 bits per heavy atom. The number of hydrogen-bond acceptors (Lipinski definition) is 5. The maximum absolute atomic E-state index is 13.1. The van der Waals surface area contributed by atoms with E-state index in [1.165, 1.54) is 23.6 Å². The predicted molar refractivity (Wildman–Crippen MR) is 110 cm³/mol. The number of benzene rings is 1. The van der Waals surface area contributed by atoms with Gasteiger partial charge in [0.25, 0.3) is 11.8 Å². The fraction of sp³-hybridized carbons (Fsp3) is 0.238. The minimum absolute atomic E-state index is 0.133. The van der Waals surface area contributed by atoms with Gasteiger partial charge >= 0.3 is 0 Å². The maximum atomic E-state index is 13.1. The number of aromatic nitrogens is 1. The molecule has 0 bridgehead atoms. The molecule has 1 aromatic carbocycles. The normalized spacial score (nSPS) is 14.2. The van der Waals surface area contributed by atoms with Crippen LogP contribution in [0.25, 0.3) is 5.57 Å². The summed E-state index contributed by atoms with van der Waals surface area (Å²) in [7, 11) is 0. The van der Waals surface area contributed by atoms with E-state index in [1.54, 1.807) is 42.6 Å². The molecule has 28 heavy (non-hydrogen) atoms. The number of rotatable bonds is 6. The summed E-state index contributed by atoms with van der Waals surface area (Å²) in [6.45, 7) is 5.53. The third-order valence-electron chi connectivity index (χ3n) is 4.02. The van der Waals surface area contributed by atoms with Crippen molar-refractivity contribution < 1.29 is 14.4 Å². The van der Waals surface area contributed by atoms with Gasteiger partial charge in [-0.05, 0) is 29.8 Å². The summed E-state index contributed by atoms with van der Waals surface area (Å²) in [5.74, 6) is -0.793. The van der Waals surface area contributed by atoms with Crippen molar-refractivity contribution in [2.75, 3.05) is 5.32 Å². The highest BCUT2D eigenvalue weighted by molar-refractivity contribution is 8.04. The third kappa shape index (κ3) is 4.31. The van der Waals surface area contributed by atoms with Crippen molar-refractivity contribution in [2.45, 2.75) is 32.6 Å². The fourth-order valence-corrected chi connectivity index (χ4v) is 3.88. The van der Waals surface area contributed by atoms with Crippen LogP contribution in [0.4, 0.5) is 5.69 Å². The van der Waals surface area contributed by atoms with Crippen LogP contribution in [-0.4, -0.2) is 32.9 Å². The molecular weight excluding hydrogens is 374 g/mol. The summed E-state index contributed by atoms with van der Waals surface area (Å²) in [4.78, 5) is 43.2. The first-order chi connectivity index (χ1) is 13.4.